The second-order valence-corrected chi connectivity index (χ2v) is 4.90. The van der Waals surface area contributed by atoms with Gasteiger partial charge < -0.3 is 0 Å². The molecular formula is C17H18FNO. The van der Waals surface area contributed by atoms with Crippen molar-refractivity contribution in [2.24, 2.45) is 0 Å². The van der Waals surface area contributed by atoms with Gasteiger partial charge in [0.1, 0.15) is 5.82 Å². The Hall–Kier alpha value is -2.00. The average Bonchev–Trinajstić information content (AvgIpc) is 2.47. The highest BCUT2D eigenvalue weighted by Crippen LogP contribution is 2.05. The van der Waals surface area contributed by atoms with Crippen LogP contribution in [0.25, 0.3) is 0 Å². The molecule has 0 spiro atoms. The molecule has 0 fully saturated rings. The van der Waals surface area contributed by atoms with E-state index in [1.54, 1.807) is 0 Å². The van der Waals surface area contributed by atoms with E-state index < -0.39 is 0 Å². The average molecular weight is 271 g/mol. The van der Waals surface area contributed by atoms with Crippen molar-refractivity contribution in [1.29, 1.82) is 0 Å². The first-order chi connectivity index (χ1) is 9.65. The standard InChI is InChI=1S/C17H18FNO/c1-19(12-11-14-5-3-2-4-6-14)13-17(20)15-7-9-16(18)10-8-15/h2-10H,11-13H2,1H3. The number of hydrogen-bond donors (Lipinski definition) is 0. The van der Waals surface area contributed by atoms with Crippen molar-refractivity contribution in [3.05, 3.63) is 71.5 Å². The fourth-order valence-corrected chi connectivity index (χ4v) is 2.02. The number of nitrogens with zero attached hydrogens (tertiary/aromatic N) is 1. The van der Waals surface area contributed by atoms with Crippen LogP contribution in [0.2, 0.25) is 0 Å². The molecule has 0 heterocycles. The summed E-state index contributed by atoms with van der Waals surface area (Å²) in [5.41, 5.74) is 1.81. The molecular weight excluding hydrogens is 253 g/mol. The molecule has 0 unspecified atom stereocenters. The second kappa shape index (κ2) is 6.96. The number of halogens is 1. The van der Waals surface area contributed by atoms with E-state index in [4.69, 9.17) is 0 Å². The minimum Gasteiger partial charge on any atom is -0.299 e. The number of carbonyl (C=O) groups excluding carboxylic acids is 1. The van der Waals surface area contributed by atoms with Gasteiger partial charge in [-0.1, -0.05) is 30.3 Å². The first kappa shape index (κ1) is 14.4. The largest absolute Gasteiger partial charge is 0.299 e. The third-order valence-electron chi connectivity index (χ3n) is 3.20. The molecule has 2 rings (SSSR count). The van der Waals surface area contributed by atoms with Gasteiger partial charge in [-0.05, 0) is 43.3 Å². The zero-order valence-corrected chi connectivity index (χ0v) is 11.6. The lowest BCUT2D eigenvalue weighted by molar-refractivity contribution is 0.0947. The molecule has 0 amide bonds. The summed E-state index contributed by atoms with van der Waals surface area (Å²) >= 11 is 0. The monoisotopic (exact) mass is 271 g/mol. The van der Waals surface area contributed by atoms with Crippen LogP contribution in [0.1, 0.15) is 15.9 Å². The van der Waals surface area contributed by atoms with Crippen LogP contribution in [0.5, 0.6) is 0 Å². The van der Waals surface area contributed by atoms with Crippen LogP contribution in [0, 0.1) is 5.82 Å². The number of benzene rings is 2. The van der Waals surface area contributed by atoms with E-state index in [0.717, 1.165) is 13.0 Å². The van der Waals surface area contributed by atoms with E-state index in [2.05, 4.69) is 12.1 Å². The summed E-state index contributed by atoms with van der Waals surface area (Å²) in [6.45, 7) is 1.16. The van der Waals surface area contributed by atoms with Crippen LogP contribution >= 0.6 is 0 Å². The van der Waals surface area contributed by atoms with Crippen LogP contribution in [0.15, 0.2) is 54.6 Å². The number of hydrogen-bond acceptors (Lipinski definition) is 2. The van der Waals surface area contributed by atoms with Gasteiger partial charge in [-0.25, -0.2) is 4.39 Å². The molecule has 2 nitrogen and oxygen atoms in total. The molecule has 3 heteroatoms. The normalized spacial score (nSPS) is 10.8. The fourth-order valence-electron chi connectivity index (χ4n) is 2.02. The summed E-state index contributed by atoms with van der Waals surface area (Å²) < 4.78 is 12.8. The minimum atomic E-state index is -0.320. The quantitative estimate of drug-likeness (QED) is 0.752. The van der Waals surface area contributed by atoms with Crippen molar-refractivity contribution < 1.29 is 9.18 Å². The summed E-state index contributed by atoms with van der Waals surface area (Å²) in [5, 5.41) is 0. The maximum Gasteiger partial charge on any atom is 0.176 e. The van der Waals surface area contributed by atoms with E-state index in [1.807, 2.05) is 30.1 Å². The lowest BCUT2D eigenvalue weighted by Gasteiger charge is -2.15. The molecule has 0 aliphatic rings. The molecule has 0 saturated carbocycles. The van der Waals surface area contributed by atoms with Crippen molar-refractivity contribution in [2.45, 2.75) is 6.42 Å². The Morgan fingerprint density at radius 3 is 2.35 bits per heavy atom. The predicted molar refractivity (Wildman–Crippen MR) is 78.4 cm³/mol. The van der Waals surface area contributed by atoms with Crippen molar-refractivity contribution in [1.82, 2.24) is 4.90 Å². The summed E-state index contributed by atoms with van der Waals surface area (Å²) in [6.07, 6.45) is 0.911. The van der Waals surface area contributed by atoms with Crippen LogP contribution in [0.3, 0.4) is 0 Å². The molecule has 20 heavy (non-hydrogen) atoms. The van der Waals surface area contributed by atoms with Gasteiger partial charge >= 0.3 is 0 Å². The van der Waals surface area contributed by atoms with E-state index in [9.17, 15) is 9.18 Å². The Labute approximate surface area is 118 Å². The molecule has 0 radical (unpaired) electrons. The van der Waals surface area contributed by atoms with Crippen molar-refractivity contribution in [3.63, 3.8) is 0 Å². The van der Waals surface area contributed by atoms with Gasteiger partial charge in [0.15, 0.2) is 5.78 Å². The van der Waals surface area contributed by atoms with Gasteiger partial charge in [-0.2, -0.15) is 0 Å². The highest BCUT2D eigenvalue weighted by molar-refractivity contribution is 5.97. The number of carbonyl (C=O) groups is 1. The third kappa shape index (κ3) is 4.28. The summed E-state index contributed by atoms with van der Waals surface area (Å²) in [5.74, 6) is -0.306. The van der Waals surface area contributed by atoms with E-state index in [0.29, 0.717) is 12.1 Å². The van der Waals surface area contributed by atoms with E-state index in [1.165, 1.54) is 29.8 Å². The first-order valence-corrected chi connectivity index (χ1v) is 6.66. The Kier molecular flexibility index (Phi) is 5.02. The molecule has 0 bridgehead atoms. The highest BCUT2D eigenvalue weighted by atomic mass is 19.1. The lowest BCUT2D eigenvalue weighted by Crippen LogP contribution is -2.28. The first-order valence-electron chi connectivity index (χ1n) is 6.66. The van der Waals surface area contributed by atoms with Crippen LogP contribution in [-0.4, -0.2) is 30.8 Å². The van der Waals surface area contributed by atoms with Crippen molar-refractivity contribution in [2.75, 3.05) is 20.1 Å². The van der Waals surface area contributed by atoms with Crippen molar-refractivity contribution in [3.8, 4) is 0 Å². The van der Waals surface area contributed by atoms with E-state index in [-0.39, 0.29) is 11.6 Å². The number of Topliss-reactive ketones (excluding diaryl/α,β-unsaturated/α-hetero) is 1. The maximum absolute atomic E-state index is 12.8. The summed E-state index contributed by atoms with van der Waals surface area (Å²) in [6, 6.07) is 15.9. The number of ketones is 1. The molecule has 0 aromatic heterocycles. The minimum absolute atomic E-state index is 0.0144. The molecule has 0 atom stereocenters. The molecule has 104 valence electrons. The Bertz CT molecular complexity index is 551. The van der Waals surface area contributed by atoms with Gasteiger partial charge in [-0.15, -0.1) is 0 Å². The topological polar surface area (TPSA) is 20.3 Å². The highest BCUT2D eigenvalue weighted by Gasteiger charge is 2.09. The van der Waals surface area contributed by atoms with Gasteiger partial charge in [0, 0.05) is 12.1 Å². The Balaban J connectivity index is 1.83. The van der Waals surface area contributed by atoms with Gasteiger partial charge in [0.05, 0.1) is 6.54 Å². The molecule has 0 aliphatic heterocycles. The zero-order valence-electron chi connectivity index (χ0n) is 11.6. The van der Waals surface area contributed by atoms with Crippen LogP contribution in [0.4, 0.5) is 4.39 Å². The number of rotatable bonds is 6. The lowest BCUT2D eigenvalue weighted by atomic mass is 10.1. The molecule has 0 N–H and O–H groups in total. The Morgan fingerprint density at radius 1 is 1.05 bits per heavy atom. The van der Waals surface area contributed by atoms with Crippen molar-refractivity contribution >= 4 is 5.78 Å². The van der Waals surface area contributed by atoms with E-state index >= 15 is 0 Å². The smallest absolute Gasteiger partial charge is 0.176 e. The number of likely N-dealkylation sites (N-methyl/N-ethyl adjacent to an activating group) is 1. The van der Waals surface area contributed by atoms with Gasteiger partial charge in [0.2, 0.25) is 0 Å². The molecule has 2 aromatic carbocycles. The Morgan fingerprint density at radius 2 is 1.70 bits per heavy atom. The predicted octanol–water partition coefficient (Wildman–Crippen LogP) is 3.18. The molecule has 0 aliphatic carbocycles. The fraction of sp³-hybridized carbons (Fsp3) is 0.235. The van der Waals surface area contributed by atoms with Gasteiger partial charge in [0.25, 0.3) is 0 Å². The van der Waals surface area contributed by atoms with Crippen LogP contribution < -0.4 is 0 Å². The second-order valence-electron chi connectivity index (χ2n) is 4.90. The maximum atomic E-state index is 12.8. The molecule has 0 saturated heterocycles. The van der Waals surface area contributed by atoms with Crippen LogP contribution in [-0.2, 0) is 6.42 Å². The summed E-state index contributed by atoms with van der Waals surface area (Å²) in [7, 11) is 1.92. The summed E-state index contributed by atoms with van der Waals surface area (Å²) in [4.78, 5) is 14.0. The van der Waals surface area contributed by atoms with Gasteiger partial charge in [-0.3, -0.25) is 9.69 Å². The molecule has 2 aromatic rings. The zero-order chi connectivity index (χ0) is 14.4. The third-order valence-corrected chi connectivity index (χ3v) is 3.20. The SMILES string of the molecule is CN(CCc1ccccc1)CC(=O)c1ccc(F)cc1.